The zero-order valence-corrected chi connectivity index (χ0v) is 10.8. The number of nitrogen functional groups attached to an aromatic ring is 1. The van der Waals surface area contributed by atoms with Gasteiger partial charge < -0.3 is 10.7 Å². The third-order valence-corrected chi connectivity index (χ3v) is 3.24. The van der Waals surface area contributed by atoms with Gasteiger partial charge in [0.2, 0.25) is 0 Å². The number of thiazole rings is 1. The Morgan fingerprint density at radius 1 is 1.50 bits per heavy atom. The van der Waals surface area contributed by atoms with Crippen molar-refractivity contribution in [2.24, 2.45) is 5.84 Å². The number of benzene rings is 1. The smallest absolute Gasteiger partial charge is 0.253 e. The van der Waals surface area contributed by atoms with Gasteiger partial charge in [0.1, 0.15) is 5.01 Å². The summed E-state index contributed by atoms with van der Waals surface area (Å²) >= 11 is 1.51. The van der Waals surface area contributed by atoms with E-state index in [-0.39, 0.29) is 5.91 Å². The lowest BCUT2D eigenvalue weighted by Gasteiger charge is -2.09. The molecule has 1 aromatic heterocycles. The number of nitrogens with two attached hydrogens (primary N) is 1. The largest absolute Gasteiger partial charge is 0.345 e. The van der Waals surface area contributed by atoms with Crippen LogP contribution in [-0.4, -0.2) is 10.9 Å². The van der Waals surface area contributed by atoms with Crippen LogP contribution in [0.1, 0.15) is 20.9 Å². The first kappa shape index (κ1) is 12.5. The van der Waals surface area contributed by atoms with Gasteiger partial charge in [-0.25, -0.2) is 4.98 Å². The van der Waals surface area contributed by atoms with Crippen molar-refractivity contribution in [1.29, 1.82) is 0 Å². The summed E-state index contributed by atoms with van der Waals surface area (Å²) in [5.74, 6) is 5.22. The third-order valence-electron chi connectivity index (χ3n) is 2.46. The van der Waals surface area contributed by atoms with Crippen LogP contribution in [0.15, 0.2) is 29.8 Å². The number of amides is 1. The highest BCUT2D eigenvalue weighted by Gasteiger charge is 2.11. The van der Waals surface area contributed by atoms with Gasteiger partial charge in [0.25, 0.3) is 5.91 Å². The van der Waals surface area contributed by atoms with Crippen LogP contribution in [0.4, 0.5) is 5.69 Å². The second kappa shape index (κ2) is 5.61. The van der Waals surface area contributed by atoms with Crippen LogP contribution >= 0.6 is 11.3 Å². The van der Waals surface area contributed by atoms with Crippen molar-refractivity contribution in [2.45, 2.75) is 13.5 Å². The Bertz CT molecular complexity index is 539. The number of anilines is 1. The van der Waals surface area contributed by atoms with Crippen LogP contribution in [-0.2, 0) is 6.54 Å². The van der Waals surface area contributed by atoms with E-state index in [0.717, 1.165) is 10.6 Å². The van der Waals surface area contributed by atoms with Crippen molar-refractivity contribution in [1.82, 2.24) is 10.3 Å². The van der Waals surface area contributed by atoms with Gasteiger partial charge in [0, 0.05) is 11.6 Å². The fourth-order valence-corrected chi connectivity index (χ4v) is 2.12. The van der Waals surface area contributed by atoms with Crippen molar-refractivity contribution in [3.05, 3.63) is 45.9 Å². The van der Waals surface area contributed by atoms with E-state index in [2.05, 4.69) is 15.7 Å². The molecular weight excluding hydrogens is 248 g/mol. The molecule has 2 rings (SSSR count). The minimum Gasteiger partial charge on any atom is -0.345 e. The first-order chi connectivity index (χ1) is 8.70. The van der Waals surface area contributed by atoms with Crippen LogP contribution in [0.5, 0.6) is 0 Å². The van der Waals surface area contributed by atoms with E-state index in [9.17, 15) is 4.79 Å². The van der Waals surface area contributed by atoms with Crippen LogP contribution < -0.4 is 16.6 Å². The van der Waals surface area contributed by atoms with Gasteiger partial charge in [-0.1, -0.05) is 11.6 Å². The third kappa shape index (κ3) is 2.85. The number of nitrogens with zero attached hydrogens (tertiary/aromatic N) is 1. The van der Waals surface area contributed by atoms with E-state index < -0.39 is 0 Å². The predicted molar refractivity (Wildman–Crippen MR) is 72.3 cm³/mol. The molecule has 1 aromatic carbocycles. The minimum absolute atomic E-state index is 0.165. The number of hydrogen-bond acceptors (Lipinski definition) is 5. The van der Waals surface area contributed by atoms with E-state index in [0.29, 0.717) is 17.8 Å². The fraction of sp³-hybridized carbons (Fsp3) is 0.167. The van der Waals surface area contributed by atoms with Gasteiger partial charge in [0.05, 0.1) is 17.8 Å². The molecule has 94 valence electrons. The average molecular weight is 262 g/mol. The molecule has 0 unspecified atom stereocenters. The van der Waals surface area contributed by atoms with Gasteiger partial charge >= 0.3 is 0 Å². The van der Waals surface area contributed by atoms with Crippen molar-refractivity contribution in [2.75, 3.05) is 5.43 Å². The molecule has 0 saturated carbocycles. The van der Waals surface area contributed by atoms with E-state index in [4.69, 9.17) is 5.84 Å². The van der Waals surface area contributed by atoms with E-state index in [1.807, 2.05) is 18.4 Å². The number of nitrogens with one attached hydrogen (secondary N) is 2. The summed E-state index contributed by atoms with van der Waals surface area (Å²) in [5.41, 5.74) is 4.68. The lowest BCUT2D eigenvalue weighted by atomic mass is 10.1. The molecule has 1 heterocycles. The number of carbonyl (C=O) groups is 1. The van der Waals surface area contributed by atoms with Gasteiger partial charge in [-0.05, 0) is 19.1 Å². The molecule has 0 saturated heterocycles. The monoisotopic (exact) mass is 262 g/mol. The highest BCUT2D eigenvalue weighted by atomic mass is 32.1. The van der Waals surface area contributed by atoms with Gasteiger partial charge in [0.15, 0.2) is 0 Å². The van der Waals surface area contributed by atoms with Crippen molar-refractivity contribution in [3.63, 3.8) is 0 Å². The topological polar surface area (TPSA) is 80.0 Å². The number of hydrazine groups is 1. The summed E-state index contributed by atoms with van der Waals surface area (Å²) in [4.78, 5) is 16.1. The Balaban J connectivity index is 2.10. The van der Waals surface area contributed by atoms with E-state index in [1.165, 1.54) is 11.3 Å². The lowest BCUT2D eigenvalue weighted by Crippen LogP contribution is -2.24. The normalized spacial score (nSPS) is 10.1. The predicted octanol–water partition coefficient (Wildman–Crippen LogP) is 1.67. The van der Waals surface area contributed by atoms with Crippen molar-refractivity contribution >= 4 is 22.9 Å². The van der Waals surface area contributed by atoms with Crippen molar-refractivity contribution in [3.8, 4) is 0 Å². The first-order valence-electron chi connectivity index (χ1n) is 5.44. The summed E-state index contributed by atoms with van der Waals surface area (Å²) in [7, 11) is 0. The number of carbonyl (C=O) groups excluding carboxylic acids is 1. The molecule has 18 heavy (non-hydrogen) atoms. The molecule has 1 amide bonds. The van der Waals surface area contributed by atoms with Crippen LogP contribution in [0, 0.1) is 6.92 Å². The summed E-state index contributed by atoms with van der Waals surface area (Å²) in [6.07, 6.45) is 1.71. The molecule has 0 fully saturated rings. The molecule has 6 heteroatoms. The summed E-state index contributed by atoms with van der Waals surface area (Å²) in [6.45, 7) is 2.35. The first-order valence-corrected chi connectivity index (χ1v) is 6.32. The fourth-order valence-electron chi connectivity index (χ4n) is 1.56. The van der Waals surface area contributed by atoms with Crippen LogP contribution in [0.25, 0.3) is 0 Å². The molecule has 0 aliphatic rings. The van der Waals surface area contributed by atoms with Crippen LogP contribution in [0.3, 0.4) is 0 Å². The second-order valence-corrected chi connectivity index (χ2v) is 4.78. The summed E-state index contributed by atoms with van der Waals surface area (Å²) in [5, 5.41) is 5.57. The Morgan fingerprint density at radius 2 is 2.33 bits per heavy atom. The van der Waals surface area contributed by atoms with E-state index >= 15 is 0 Å². The Labute approximate surface area is 109 Å². The molecule has 0 bridgehead atoms. The molecule has 4 N–H and O–H groups in total. The maximum absolute atomic E-state index is 12.0. The quantitative estimate of drug-likeness (QED) is 0.578. The number of hydrogen-bond donors (Lipinski definition) is 3. The van der Waals surface area contributed by atoms with Crippen molar-refractivity contribution < 1.29 is 4.79 Å². The van der Waals surface area contributed by atoms with Gasteiger partial charge in [-0.15, -0.1) is 11.3 Å². The minimum atomic E-state index is -0.165. The van der Waals surface area contributed by atoms with E-state index in [1.54, 1.807) is 18.3 Å². The second-order valence-electron chi connectivity index (χ2n) is 3.80. The number of aryl methyl sites for hydroxylation is 1. The zero-order valence-electron chi connectivity index (χ0n) is 9.93. The SMILES string of the molecule is Cc1ccc(NN)c(C(=O)NCc2nccs2)c1. The lowest BCUT2D eigenvalue weighted by molar-refractivity contribution is 0.0951. The molecular formula is C12H14N4OS. The Hall–Kier alpha value is -1.92. The molecule has 2 aromatic rings. The van der Waals surface area contributed by atoms with Gasteiger partial charge in [-0.2, -0.15) is 0 Å². The number of aromatic nitrogens is 1. The maximum Gasteiger partial charge on any atom is 0.253 e. The average Bonchev–Trinajstić information content (AvgIpc) is 2.89. The standard InChI is InChI=1S/C12H14N4OS/c1-8-2-3-10(16-13)9(6-8)12(17)15-7-11-14-4-5-18-11/h2-6,16H,7,13H2,1H3,(H,15,17). The van der Waals surface area contributed by atoms with Gasteiger partial charge in [-0.3, -0.25) is 10.6 Å². The Morgan fingerprint density at radius 3 is 3.00 bits per heavy atom. The molecule has 0 atom stereocenters. The molecule has 0 aliphatic heterocycles. The number of rotatable bonds is 4. The molecule has 5 nitrogen and oxygen atoms in total. The zero-order chi connectivity index (χ0) is 13.0. The Kier molecular flexibility index (Phi) is 3.91. The summed E-state index contributed by atoms with van der Waals surface area (Å²) in [6, 6.07) is 5.48. The van der Waals surface area contributed by atoms with Crippen LogP contribution in [0.2, 0.25) is 0 Å². The highest BCUT2D eigenvalue weighted by molar-refractivity contribution is 7.09. The molecule has 0 spiro atoms. The highest BCUT2D eigenvalue weighted by Crippen LogP contribution is 2.16. The summed E-state index contributed by atoms with van der Waals surface area (Å²) < 4.78 is 0. The molecule has 0 radical (unpaired) electrons. The maximum atomic E-state index is 12.0. The molecule has 0 aliphatic carbocycles.